The molecule has 0 saturated carbocycles. The number of aromatic carboxylic acids is 1. The van der Waals surface area contributed by atoms with Crippen molar-refractivity contribution < 1.29 is 14.7 Å². The number of pyridine rings is 1. The minimum Gasteiger partial charge on any atom is -0.477 e. The molecule has 1 N–H and O–H groups in total. The van der Waals surface area contributed by atoms with E-state index in [1.165, 1.54) is 12.3 Å². The molecule has 0 radical (unpaired) electrons. The predicted molar refractivity (Wildman–Crippen MR) is 78.4 cm³/mol. The lowest BCUT2D eigenvalue weighted by atomic mass is 10.0. The number of rotatable bonds is 2. The minimum absolute atomic E-state index is 0.0995. The zero-order chi connectivity index (χ0) is 15.6. The Hall–Kier alpha value is -1.95. The first-order valence-corrected chi connectivity index (χ1v) is 7.03. The van der Waals surface area contributed by atoms with Crippen molar-refractivity contribution in [3.05, 3.63) is 29.6 Å². The average molecular weight is 291 g/mol. The number of piperazine rings is 1. The van der Waals surface area contributed by atoms with E-state index < -0.39 is 5.97 Å². The van der Waals surface area contributed by atoms with Crippen LogP contribution in [0.1, 0.15) is 41.6 Å². The van der Waals surface area contributed by atoms with Crippen LogP contribution in [0.15, 0.2) is 18.3 Å². The van der Waals surface area contributed by atoms with Gasteiger partial charge in [-0.3, -0.25) is 9.69 Å². The van der Waals surface area contributed by atoms with Gasteiger partial charge in [0.2, 0.25) is 0 Å². The Kier molecular flexibility index (Phi) is 4.27. The molecule has 2 heterocycles. The smallest absolute Gasteiger partial charge is 0.354 e. The largest absolute Gasteiger partial charge is 0.477 e. The standard InChI is InChI=1S/C15H21N3O3/c1-15(2,3)18-8-6-17(7-9-18)13(19)11-4-5-16-12(10-11)14(20)21/h4-5,10H,6-9H2,1-3H3,(H,20,21). The van der Waals surface area contributed by atoms with Crippen LogP contribution in [0.4, 0.5) is 0 Å². The van der Waals surface area contributed by atoms with Gasteiger partial charge in [0, 0.05) is 43.5 Å². The quantitative estimate of drug-likeness (QED) is 0.890. The molecule has 2 rings (SSSR count). The molecule has 6 nitrogen and oxygen atoms in total. The lowest BCUT2D eigenvalue weighted by Crippen LogP contribution is -2.54. The number of aromatic nitrogens is 1. The van der Waals surface area contributed by atoms with Gasteiger partial charge in [-0.15, -0.1) is 0 Å². The fourth-order valence-electron chi connectivity index (χ4n) is 2.44. The number of amides is 1. The van der Waals surface area contributed by atoms with E-state index in [4.69, 9.17) is 5.11 Å². The summed E-state index contributed by atoms with van der Waals surface area (Å²) in [5.41, 5.74) is 0.378. The molecule has 1 aliphatic rings. The molecule has 114 valence electrons. The molecule has 1 aromatic heterocycles. The number of hydrogen-bond acceptors (Lipinski definition) is 4. The third kappa shape index (κ3) is 3.58. The first-order chi connectivity index (χ1) is 9.79. The maximum absolute atomic E-state index is 12.4. The highest BCUT2D eigenvalue weighted by atomic mass is 16.4. The number of carboxylic acids is 1. The zero-order valence-corrected chi connectivity index (χ0v) is 12.7. The summed E-state index contributed by atoms with van der Waals surface area (Å²) in [5, 5.41) is 8.93. The molecule has 0 aliphatic carbocycles. The summed E-state index contributed by atoms with van der Waals surface area (Å²) in [6, 6.07) is 2.89. The van der Waals surface area contributed by atoms with E-state index in [-0.39, 0.29) is 17.1 Å². The first kappa shape index (κ1) is 15.4. The van der Waals surface area contributed by atoms with E-state index >= 15 is 0 Å². The Labute approximate surface area is 124 Å². The summed E-state index contributed by atoms with van der Waals surface area (Å²) in [7, 11) is 0. The predicted octanol–water partition coefficient (Wildman–Crippen LogP) is 1.34. The summed E-state index contributed by atoms with van der Waals surface area (Å²) in [6.07, 6.45) is 1.36. The van der Waals surface area contributed by atoms with Crippen LogP contribution in [0.25, 0.3) is 0 Å². The molecule has 1 amide bonds. The summed E-state index contributed by atoms with van der Waals surface area (Å²) in [4.78, 5) is 31.2. The van der Waals surface area contributed by atoms with Gasteiger partial charge in [-0.2, -0.15) is 0 Å². The average Bonchev–Trinajstić information content (AvgIpc) is 2.46. The Morgan fingerprint density at radius 3 is 2.33 bits per heavy atom. The Morgan fingerprint density at radius 2 is 1.81 bits per heavy atom. The van der Waals surface area contributed by atoms with Crippen molar-refractivity contribution in [1.82, 2.24) is 14.8 Å². The molecule has 1 saturated heterocycles. The van der Waals surface area contributed by atoms with E-state index in [1.807, 2.05) is 0 Å². The van der Waals surface area contributed by atoms with Crippen LogP contribution in [0.5, 0.6) is 0 Å². The van der Waals surface area contributed by atoms with E-state index in [9.17, 15) is 9.59 Å². The van der Waals surface area contributed by atoms with E-state index in [0.717, 1.165) is 13.1 Å². The van der Waals surface area contributed by atoms with Crippen LogP contribution >= 0.6 is 0 Å². The fraction of sp³-hybridized carbons (Fsp3) is 0.533. The third-order valence-corrected chi connectivity index (χ3v) is 3.74. The highest BCUT2D eigenvalue weighted by molar-refractivity contribution is 5.96. The van der Waals surface area contributed by atoms with Crippen molar-refractivity contribution in [3.8, 4) is 0 Å². The molecule has 0 spiro atoms. The SMILES string of the molecule is CC(C)(C)N1CCN(C(=O)c2ccnc(C(=O)O)c2)CC1. The summed E-state index contributed by atoms with van der Waals surface area (Å²) in [5.74, 6) is -1.25. The van der Waals surface area contributed by atoms with Crippen molar-refractivity contribution in [3.63, 3.8) is 0 Å². The third-order valence-electron chi connectivity index (χ3n) is 3.74. The van der Waals surface area contributed by atoms with Crippen LogP contribution in [0.3, 0.4) is 0 Å². The number of hydrogen-bond donors (Lipinski definition) is 1. The van der Waals surface area contributed by atoms with Crippen LogP contribution in [0.2, 0.25) is 0 Å². The number of carbonyl (C=O) groups excluding carboxylic acids is 1. The van der Waals surface area contributed by atoms with Crippen molar-refractivity contribution >= 4 is 11.9 Å². The zero-order valence-electron chi connectivity index (χ0n) is 12.7. The van der Waals surface area contributed by atoms with Gasteiger partial charge in [0.05, 0.1) is 0 Å². The molecule has 6 heteroatoms. The monoisotopic (exact) mass is 291 g/mol. The molecule has 0 atom stereocenters. The molecule has 1 aliphatic heterocycles. The van der Waals surface area contributed by atoms with Crippen LogP contribution in [-0.4, -0.2) is 63.5 Å². The Morgan fingerprint density at radius 1 is 1.19 bits per heavy atom. The number of nitrogens with zero attached hydrogens (tertiary/aromatic N) is 3. The fourth-order valence-corrected chi connectivity index (χ4v) is 2.44. The summed E-state index contributed by atoms with van der Waals surface area (Å²) in [6.45, 7) is 9.44. The van der Waals surface area contributed by atoms with E-state index in [2.05, 4.69) is 30.7 Å². The van der Waals surface area contributed by atoms with Crippen molar-refractivity contribution in [2.24, 2.45) is 0 Å². The van der Waals surface area contributed by atoms with Crippen LogP contribution in [-0.2, 0) is 0 Å². The topological polar surface area (TPSA) is 73.7 Å². The Bertz CT molecular complexity index is 543. The van der Waals surface area contributed by atoms with Gasteiger partial charge in [0.1, 0.15) is 5.69 Å². The summed E-state index contributed by atoms with van der Waals surface area (Å²) < 4.78 is 0. The second-order valence-electron chi connectivity index (χ2n) is 6.18. The van der Waals surface area contributed by atoms with Gasteiger partial charge in [-0.1, -0.05) is 0 Å². The molecule has 21 heavy (non-hydrogen) atoms. The number of carboxylic acid groups (broad SMARTS) is 1. The summed E-state index contributed by atoms with van der Waals surface area (Å²) >= 11 is 0. The molecular formula is C15H21N3O3. The highest BCUT2D eigenvalue weighted by Crippen LogP contribution is 2.17. The normalized spacial score (nSPS) is 16.8. The second kappa shape index (κ2) is 5.81. The van der Waals surface area contributed by atoms with Gasteiger partial charge < -0.3 is 10.0 Å². The lowest BCUT2D eigenvalue weighted by Gasteiger charge is -2.42. The molecule has 0 aromatic carbocycles. The van der Waals surface area contributed by atoms with Gasteiger partial charge in [0.15, 0.2) is 0 Å². The van der Waals surface area contributed by atoms with Gasteiger partial charge >= 0.3 is 5.97 Å². The van der Waals surface area contributed by atoms with Crippen LogP contribution < -0.4 is 0 Å². The minimum atomic E-state index is -1.12. The van der Waals surface area contributed by atoms with Gasteiger partial charge in [-0.25, -0.2) is 9.78 Å². The molecule has 1 aromatic rings. The molecule has 0 unspecified atom stereocenters. The maximum Gasteiger partial charge on any atom is 0.354 e. The van der Waals surface area contributed by atoms with Crippen molar-refractivity contribution in [2.45, 2.75) is 26.3 Å². The van der Waals surface area contributed by atoms with E-state index in [0.29, 0.717) is 18.7 Å². The van der Waals surface area contributed by atoms with Crippen molar-refractivity contribution in [1.29, 1.82) is 0 Å². The molecule has 1 fully saturated rings. The van der Waals surface area contributed by atoms with E-state index in [1.54, 1.807) is 11.0 Å². The van der Waals surface area contributed by atoms with Gasteiger partial charge in [0.25, 0.3) is 5.91 Å². The maximum atomic E-state index is 12.4. The lowest BCUT2D eigenvalue weighted by molar-refractivity contribution is 0.0451. The van der Waals surface area contributed by atoms with Crippen molar-refractivity contribution in [2.75, 3.05) is 26.2 Å². The van der Waals surface area contributed by atoms with Gasteiger partial charge in [-0.05, 0) is 32.9 Å². The molecular weight excluding hydrogens is 270 g/mol. The number of carbonyl (C=O) groups is 2. The second-order valence-corrected chi connectivity index (χ2v) is 6.18. The first-order valence-electron chi connectivity index (χ1n) is 7.03. The Balaban J connectivity index is 2.05. The molecule has 0 bridgehead atoms. The highest BCUT2D eigenvalue weighted by Gasteiger charge is 2.28. The van der Waals surface area contributed by atoms with Crippen LogP contribution in [0, 0.1) is 0 Å².